The zero-order valence-corrected chi connectivity index (χ0v) is 11.0. The average Bonchev–Trinajstić information content (AvgIpc) is 2.38. The summed E-state index contributed by atoms with van der Waals surface area (Å²) in [6, 6.07) is 3.96. The van der Waals surface area contributed by atoms with Crippen molar-refractivity contribution in [2.75, 3.05) is 7.11 Å². The van der Waals surface area contributed by atoms with Gasteiger partial charge in [-0.15, -0.1) is 0 Å². The SMILES string of the molecule is CCCCCCCC(N)c1cccnc1OC. The van der Waals surface area contributed by atoms with Crippen LogP contribution in [-0.2, 0) is 0 Å². The van der Waals surface area contributed by atoms with Crippen molar-refractivity contribution in [2.45, 2.75) is 51.5 Å². The fraction of sp³-hybridized carbons (Fsp3) is 0.643. The summed E-state index contributed by atoms with van der Waals surface area (Å²) < 4.78 is 5.22. The zero-order valence-electron chi connectivity index (χ0n) is 11.0. The van der Waals surface area contributed by atoms with E-state index in [1.807, 2.05) is 12.1 Å². The molecule has 0 amide bonds. The third-order valence-electron chi connectivity index (χ3n) is 3.01. The van der Waals surface area contributed by atoms with Gasteiger partial charge in [-0.2, -0.15) is 0 Å². The lowest BCUT2D eigenvalue weighted by molar-refractivity contribution is 0.386. The molecule has 0 radical (unpaired) electrons. The van der Waals surface area contributed by atoms with E-state index in [4.69, 9.17) is 10.5 Å². The summed E-state index contributed by atoms with van der Waals surface area (Å²) in [5.74, 6) is 0.661. The molecule has 96 valence electrons. The molecule has 1 aromatic rings. The van der Waals surface area contributed by atoms with Gasteiger partial charge in [0.25, 0.3) is 0 Å². The number of hydrogen-bond acceptors (Lipinski definition) is 3. The molecule has 0 spiro atoms. The molecular formula is C14H24N2O. The van der Waals surface area contributed by atoms with Gasteiger partial charge in [-0.05, 0) is 12.5 Å². The Hall–Kier alpha value is -1.09. The van der Waals surface area contributed by atoms with E-state index in [2.05, 4.69) is 11.9 Å². The van der Waals surface area contributed by atoms with Crippen LogP contribution in [0.5, 0.6) is 5.88 Å². The van der Waals surface area contributed by atoms with Crippen LogP contribution in [0.3, 0.4) is 0 Å². The van der Waals surface area contributed by atoms with Gasteiger partial charge in [0.1, 0.15) is 0 Å². The Morgan fingerprint density at radius 3 is 2.76 bits per heavy atom. The minimum Gasteiger partial charge on any atom is -0.481 e. The quantitative estimate of drug-likeness (QED) is 0.703. The highest BCUT2D eigenvalue weighted by Gasteiger charge is 2.11. The Kier molecular flexibility index (Phi) is 6.63. The minimum atomic E-state index is 0.0419. The maximum absolute atomic E-state index is 6.17. The molecule has 1 aromatic heterocycles. The van der Waals surface area contributed by atoms with E-state index in [9.17, 15) is 0 Å². The fourth-order valence-electron chi connectivity index (χ4n) is 1.98. The number of methoxy groups -OCH3 is 1. The Morgan fingerprint density at radius 1 is 1.29 bits per heavy atom. The summed E-state index contributed by atoms with van der Waals surface area (Å²) in [4.78, 5) is 4.17. The Labute approximate surface area is 104 Å². The summed E-state index contributed by atoms with van der Waals surface area (Å²) in [6.45, 7) is 2.23. The number of rotatable bonds is 8. The fourth-order valence-corrected chi connectivity index (χ4v) is 1.98. The number of pyridine rings is 1. The summed E-state index contributed by atoms with van der Waals surface area (Å²) in [6.07, 6.45) is 9.10. The second kappa shape index (κ2) is 8.07. The van der Waals surface area contributed by atoms with Crippen molar-refractivity contribution in [3.05, 3.63) is 23.9 Å². The lowest BCUT2D eigenvalue weighted by Gasteiger charge is -2.14. The number of aromatic nitrogens is 1. The minimum absolute atomic E-state index is 0.0419. The van der Waals surface area contributed by atoms with Gasteiger partial charge in [0.2, 0.25) is 5.88 Å². The topological polar surface area (TPSA) is 48.1 Å². The van der Waals surface area contributed by atoms with Gasteiger partial charge < -0.3 is 10.5 Å². The molecule has 3 nitrogen and oxygen atoms in total. The molecule has 0 fully saturated rings. The normalized spacial score (nSPS) is 12.4. The van der Waals surface area contributed by atoms with Gasteiger partial charge in [0.05, 0.1) is 7.11 Å². The van der Waals surface area contributed by atoms with Crippen molar-refractivity contribution in [3.63, 3.8) is 0 Å². The third-order valence-corrected chi connectivity index (χ3v) is 3.01. The van der Waals surface area contributed by atoms with Crippen molar-refractivity contribution in [1.29, 1.82) is 0 Å². The monoisotopic (exact) mass is 236 g/mol. The predicted octanol–water partition coefficient (Wildman–Crippen LogP) is 3.45. The molecule has 0 aliphatic heterocycles. The molecule has 1 heterocycles. The summed E-state index contributed by atoms with van der Waals surface area (Å²) in [5, 5.41) is 0. The molecule has 1 rings (SSSR count). The van der Waals surface area contributed by atoms with Crippen molar-refractivity contribution >= 4 is 0 Å². The second-order valence-electron chi connectivity index (χ2n) is 4.41. The highest BCUT2D eigenvalue weighted by Crippen LogP contribution is 2.24. The lowest BCUT2D eigenvalue weighted by Crippen LogP contribution is -2.12. The van der Waals surface area contributed by atoms with Crippen molar-refractivity contribution < 1.29 is 4.74 Å². The van der Waals surface area contributed by atoms with E-state index in [0.717, 1.165) is 12.0 Å². The van der Waals surface area contributed by atoms with Gasteiger partial charge in [-0.3, -0.25) is 0 Å². The van der Waals surface area contributed by atoms with Gasteiger partial charge in [-0.1, -0.05) is 45.1 Å². The van der Waals surface area contributed by atoms with E-state index in [1.165, 1.54) is 32.1 Å². The maximum Gasteiger partial charge on any atom is 0.217 e. The summed E-state index contributed by atoms with van der Waals surface area (Å²) in [5.41, 5.74) is 7.19. The van der Waals surface area contributed by atoms with Crippen LogP contribution in [-0.4, -0.2) is 12.1 Å². The number of nitrogens with zero attached hydrogens (tertiary/aromatic N) is 1. The van der Waals surface area contributed by atoms with Gasteiger partial charge in [0, 0.05) is 17.8 Å². The first-order chi connectivity index (χ1) is 8.29. The number of ether oxygens (including phenoxy) is 1. The summed E-state index contributed by atoms with van der Waals surface area (Å²) in [7, 11) is 1.64. The second-order valence-corrected chi connectivity index (χ2v) is 4.41. The molecule has 0 bridgehead atoms. The smallest absolute Gasteiger partial charge is 0.217 e. The Balaban J connectivity index is 2.38. The molecule has 2 N–H and O–H groups in total. The third kappa shape index (κ3) is 4.73. The molecule has 0 aromatic carbocycles. The van der Waals surface area contributed by atoms with Crippen LogP contribution in [0, 0.1) is 0 Å². The van der Waals surface area contributed by atoms with E-state index < -0.39 is 0 Å². The van der Waals surface area contributed by atoms with Crippen LogP contribution in [0.25, 0.3) is 0 Å². The van der Waals surface area contributed by atoms with Crippen molar-refractivity contribution in [1.82, 2.24) is 4.98 Å². The highest BCUT2D eigenvalue weighted by atomic mass is 16.5. The van der Waals surface area contributed by atoms with E-state index >= 15 is 0 Å². The lowest BCUT2D eigenvalue weighted by atomic mass is 10.0. The molecule has 0 saturated carbocycles. The molecule has 1 atom stereocenters. The molecule has 1 unspecified atom stereocenters. The average molecular weight is 236 g/mol. The number of unbranched alkanes of at least 4 members (excludes halogenated alkanes) is 4. The van der Waals surface area contributed by atoms with Crippen LogP contribution >= 0.6 is 0 Å². The largest absolute Gasteiger partial charge is 0.481 e. The predicted molar refractivity (Wildman–Crippen MR) is 71.1 cm³/mol. The van der Waals surface area contributed by atoms with Crippen LogP contribution in [0.1, 0.15) is 57.1 Å². The number of nitrogens with two attached hydrogens (primary N) is 1. The van der Waals surface area contributed by atoms with Crippen LogP contribution in [0.4, 0.5) is 0 Å². The van der Waals surface area contributed by atoms with Gasteiger partial charge in [-0.25, -0.2) is 4.98 Å². The van der Waals surface area contributed by atoms with E-state index in [-0.39, 0.29) is 6.04 Å². The highest BCUT2D eigenvalue weighted by molar-refractivity contribution is 5.28. The maximum atomic E-state index is 6.17. The van der Waals surface area contributed by atoms with Crippen LogP contribution in [0.2, 0.25) is 0 Å². The number of hydrogen-bond donors (Lipinski definition) is 1. The molecule has 17 heavy (non-hydrogen) atoms. The van der Waals surface area contributed by atoms with Crippen molar-refractivity contribution in [3.8, 4) is 5.88 Å². The zero-order chi connectivity index (χ0) is 12.5. The molecule has 0 aliphatic carbocycles. The molecule has 3 heteroatoms. The van der Waals surface area contributed by atoms with Crippen LogP contribution in [0.15, 0.2) is 18.3 Å². The Bertz CT molecular complexity index is 315. The first-order valence-corrected chi connectivity index (χ1v) is 6.54. The first-order valence-electron chi connectivity index (χ1n) is 6.54. The first kappa shape index (κ1) is 14.0. The molecule has 0 saturated heterocycles. The van der Waals surface area contributed by atoms with Gasteiger partial charge in [0.15, 0.2) is 0 Å². The van der Waals surface area contributed by atoms with Crippen LogP contribution < -0.4 is 10.5 Å². The molecule has 0 aliphatic rings. The summed E-state index contributed by atoms with van der Waals surface area (Å²) >= 11 is 0. The van der Waals surface area contributed by atoms with Crippen molar-refractivity contribution in [2.24, 2.45) is 5.73 Å². The Morgan fingerprint density at radius 2 is 2.06 bits per heavy atom. The standard InChI is InChI=1S/C14H24N2O/c1-3-4-5-6-7-10-13(15)12-9-8-11-16-14(12)17-2/h8-9,11,13H,3-7,10,15H2,1-2H3. The van der Waals surface area contributed by atoms with E-state index in [1.54, 1.807) is 13.3 Å². The molecular weight excluding hydrogens is 212 g/mol. The van der Waals surface area contributed by atoms with Gasteiger partial charge >= 0.3 is 0 Å². The van der Waals surface area contributed by atoms with E-state index in [0.29, 0.717) is 5.88 Å².